The van der Waals surface area contributed by atoms with Crippen molar-refractivity contribution in [1.82, 2.24) is 30.0 Å². The van der Waals surface area contributed by atoms with Gasteiger partial charge in [-0.1, -0.05) is 10.4 Å². The topological polar surface area (TPSA) is 176 Å². The SMILES string of the molecule is Cc1cc(-n2cc(Cc3cn(-c4ccc(O)c(C(=O)O)c4)nn3)nn2)cc(C(=O)O)c1O. The van der Waals surface area contributed by atoms with Gasteiger partial charge in [0.1, 0.15) is 22.6 Å². The van der Waals surface area contributed by atoms with Crippen LogP contribution >= 0.6 is 0 Å². The lowest BCUT2D eigenvalue weighted by Crippen LogP contribution is -2.02. The van der Waals surface area contributed by atoms with E-state index in [1.165, 1.54) is 33.6 Å². The Morgan fingerprint density at radius 2 is 1.41 bits per heavy atom. The van der Waals surface area contributed by atoms with Gasteiger partial charge in [-0.3, -0.25) is 0 Å². The van der Waals surface area contributed by atoms with Crippen molar-refractivity contribution in [3.63, 3.8) is 0 Å². The maximum absolute atomic E-state index is 11.3. The van der Waals surface area contributed by atoms with Gasteiger partial charge in [0.05, 0.1) is 35.2 Å². The van der Waals surface area contributed by atoms with Crippen LogP contribution in [0.15, 0.2) is 42.7 Å². The smallest absolute Gasteiger partial charge is 0.339 e. The Hall–Kier alpha value is -4.74. The van der Waals surface area contributed by atoms with Crippen molar-refractivity contribution in [2.45, 2.75) is 13.3 Å². The van der Waals surface area contributed by atoms with Gasteiger partial charge in [-0.25, -0.2) is 19.0 Å². The number of aromatic nitrogens is 6. The Morgan fingerprint density at radius 3 is 2.00 bits per heavy atom. The molecule has 0 saturated heterocycles. The second kappa shape index (κ2) is 7.83. The summed E-state index contributed by atoms with van der Waals surface area (Å²) < 4.78 is 2.76. The van der Waals surface area contributed by atoms with E-state index in [1.807, 2.05) is 0 Å². The first kappa shape index (κ1) is 20.5. The van der Waals surface area contributed by atoms with Gasteiger partial charge in [-0.05, 0) is 42.8 Å². The molecule has 0 aliphatic heterocycles. The fourth-order valence-electron chi connectivity index (χ4n) is 3.09. The second-order valence-corrected chi connectivity index (χ2v) is 6.96. The van der Waals surface area contributed by atoms with Crippen molar-refractivity contribution in [2.24, 2.45) is 0 Å². The van der Waals surface area contributed by atoms with Crippen LogP contribution in [0, 0.1) is 6.92 Å². The fraction of sp³-hybridized carbons (Fsp3) is 0.100. The highest BCUT2D eigenvalue weighted by atomic mass is 16.4. The van der Waals surface area contributed by atoms with Crippen LogP contribution in [0.25, 0.3) is 11.4 Å². The van der Waals surface area contributed by atoms with Gasteiger partial charge in [0.15, 0.2) is 0 Å². The van der Waals surface area contributed by atoms with Crippen LogP contribution in [0.3, 0.4) is 0 Å². The predicted molar refractivity (Wildman–Crippen MR) is 108 cm³/mol. The van der Waals surface area contributed by atoms with E-state index in [-0.39, 0.29) is 29.0 Å². The van der Waals surface area contributed by atoms with Crippen molar-refractivity contribution in [3.8, 4) is 22.9 Å². The maximum Gasteiger partial charge on any atom is 0.339 e. The van der Waals surface area contributed by atoms with Gasteiger partial charge in [-0.2, -0.15) is 0 Å². The van der Waals surface area contributed by atoms with Gasteiger partial charge in [0.2, 0.25) is 0 Å². The molecule has 2 heterocycles. The van der Waals surface area contributed by atoms with E-state index in [0.29, 0.717) is 28.3 Å². The number of aromatic hydroxyl groups is 2. The third kappa shape index (κ3) is 3.84. The first-order valence-corrected chi connectivity index (χ1v) is 9.19. The van der Waals surface area contributed by atoms with Crippen LogP contribution in [0.5, 0.6) is 11.5 Å². The minimum absolute atomic E-state index is 0.241. The van der Waals surface area contributed by atoms with E-state index in [2.05, 4.69) is 20.6 Å². The van der Waals surface area contributed by atoms with Crippen molar-refractivity contribution in [1.29, 1.82) is 0 Å². The number of aromatic carboxylic acids is 2. The summed E-state index contributed by atoms with van der Waals surface area (Å²) in [7, 11) is 0. The van der Waals surface area contributed by atoms with E-state index >= 15 is 0 Å². The third-order valence-electron chi connectivity index (χ3n) is 4.70. The number of carboxylic acid groups (broad SMARTS) is 2. The highest BCUT2D eigenvalue weighted by Crippen LogP contribution is 2.26. The van der Waals surface area contributed by atoms with Gasteiger partial charge >= 0.3 is 11.9 Å². The maximum atomic E-state index is 11.3. The van der Waals surface area contributed by atoms with Crippen LogP contribution < -0.4 is 0 Å². The summed E-state index contributed by atoms with van der Waals surface area (Å²) in [6.07, 6.45) is 3.44. The molecular formula is C20H16N6O6. The third-order valence-corrected chi connectivity index (χ3v) is 4.70. The average molecular weight is 436 g/mol. The number of nitrogens with zero attached hydrogens (tertiary/aromatic N) is 6. The monoisotopic (exact) mass is 436 g/mol. The molecule has 2 aromatic carbocycles. The van der Waals surface area contributed by atoms with E-state index in [9.17, 15) is 24.9 Å². The Morgan fingerprint density at radius 1 is 0.844 bits per heavy atom. The largest absolute Gasteiger partial charge is 0.507 e. The van der Waals surface area contributed by atoms with E-state index in [0.717, 1.165) is 0 Å². The van der Waals surface area contributed by atoms with Gasteiger partial charge in [0.25, 0.3) is 0 Å². The van der Waals surface area contributed by atoms with E-state index in [1.54, 1.807) is 25.4 Å². The Labute approximate surface area is 179 Å². The summed E-state index contributed by atoms with van der Waals surface area (Å²) in [5.41, 5.74) is 1.76. The fourth-order valence-corrected chi connectivity index (χ4v) is 3.09. The first-order chi connectivity index (χ1) is 15.2. The molecule has 32 heavy (non-hydrogen) atoms. The molecule has 12 heteroatoms. The summed E-state index contributed by atoms with van der Waals surface area (Å²) in [6, 6.07) is 6.92. The molecule has 0 fully saturated rings. The molecule has 162 valence electrons. The zero-order valence-electron chi connectivity index (χ0n) is 16.5. The lowest BCUT2D eigenvalue weighted by atomic mass is 10.1. The van der Waals surface area contributed by atoms with E-state index in [4.69, 9.17) is 5.11 Å². The number of carboxylic acids is 2. The molecule has 0 aliphatic carbocycles. The zero-order valence-corrected chi connectivity index (χ0v) is 16.5. The standard InChI is InChI=1S/C20H16N6O6/c1-10-4-14(7-16(18(10)28)20(31)32)26-9-12(22-24-26)5-11-8-25(23-21-11)13-2-3-17(27)15(6-13)19(29)30/h2-4,6-9,27-28H,5H2,1H3,(H,29,30)(H,31,32). The molecule has 2 aromatic heterocycles. The van der Waals surface area contributed by atoms with Crippen LogP contribution in [-0.2, 0) is 6.42 Å². The van der Waals surface area contributed by atoms with Gasteiger partial charge in [0, 0.05) is 6.42 Å². The summed E-state index contributed by atoms with van der Waals surface area (Å²) >= 11 is 0. The summed E-state index contributed by atoms with van der Waals surface area (Å²) in [5, 5.41) is 54.0. The Bertz CT molecular complexity index is 1360. The first-order valence-electron chi connectivity index (χ1n) is 9.19. The minimum atomic E-state index is -1.27. The molecule has 0 atom stereocenters. The molecule has 0 saturated carbocycles. The highest BCUT2D eigenvalue weighted by Gasteiger charge is 2.16. The molecule has 0 aliphatic rings. The molecule has 4 N–H and O–H groups in total. The normalized spacial score (nSPS) is 10.9. The predicted octanol–water partition coefficient (Wildman–Crippen LogP) is 1.55. The number of carbonyl (C=O) groups is 2. The Kier molecular flexibility index (Phi) is 5.02. The number of hydrogen-bond donors (Lipinski definition) is 4. The minimum Gasteiger partial charge on any atom is -0.507 e. The molecule has 0 amide bonds. The lowest BCUT2D eigenvalue weighted by molar-refractivity contribution is 0.0682. The number of aryl methyl sites for hydroxylation is 1. The van der Waals surface area contributed by atoms with Crippen molar-refractivity contribution in [2.75, 3.05) is 0 Å². The number of hydrogen-bond acceptors (Lipinski definition) is 8. The molecule has 0 spiro atoms. The molecule has 0 unspecified atom stereocenters. The summed E-state index contributed by atoms with van der Waals surface area (Å²) in [4.78, 5) is 22.5. The number of benzene rings is 2. The molecule has 4 rings (SSSR count). The summed E-state index contributed by atoms with van der Waals surface area (Å²) in [6.45, 7) is 1.58. The van der Waals surface area contributed by atoms with E-state index < -0.39 is 11.9 Å². The molecule has 12 nitrogen and oxygen atoms in total. The quantitative estimate of drug-likeness (QED) is 0.347. The molecule has 0 radical (unpaired) electrons. The lowest BCUT2D eigenvalue weighted by Gasteiger charge is -2.07. The van der Waals surface area contributed by atoms with Crippen LogP contribution in [0.4, 0.5) is 0 Å². The van der Waals surface area contributed by atoms with Crippen LogP contribution in [0.1, 0.15) is 37.7 Å². The van der Waals surface area contributed by atoms with Crippen molar-refractivity contribution < 1.29 is 30.0 Å². The van der Waals surface area contributed by atoms with Crippen LogP contribution in [-0.4, -0.2) is 62.4 Å². The molecule has 0 bridgehead atoms. The molecule has 4 aromatic rings. The molecular weight excluding hydrogens is 420 g/mol. The van der Waals surface area contributed by atoms with Crippen LogP contribution in [0.2, 0.25) is 0 Å². The number of phenols is 2. The second-order valence-electron chi connectivity index (χ2n) is 6.96. The summed E-state index contributed by atoms with van der Waals surface area (Å²) in [5.74, 6) is -3.19. The van der Waals surface area contributed by atoms with Gasteiger partial charge < -0.3 is 20.4 Å². The number of rotatable bonds is 6. The zero-order chi connectivity index (χ0) is 23.0. The van der Waals surface area contributed by atoms with Crippen molar-refractivity contribution in [3.05, 3.63) is 70.8 Å². The van der Waals surface area contributed by atoms with Crippen molar-refractivity contribution >= 4 is 11.9 Å². The highest BCUT2D eigenvalue weighted by molar-refractivity contribution is 5.92. The average Bonchev–Trinajstić information content (AvgIpc) is 3.40. The Balaban J connectivity index is 1.57. The van der Waals surface area contributed by atoms with Gasteiger partial charge in [-0.15, -0.1) is 10.2 Å².